The van der Waals surface area contributed by atoms with Gasteiger partial charge in [0, 0.05) is 0 Å². The zero-order valence-electron chi connectivity index (χ0n) is 7.42. The summed E-state index contributed by atoms with van der Waals surface area (Å²) in [7, 11) is 0. The molecule has 1 heterocycles. The minimum Gasteiger partial charge on any atom is -0.295 e. The van der Waals surface area contributed by atoms with Crippen molar-refractivity contribution >= 4 is 23.2 Å². The van der Waals surface area contributed by atoms with E-state index in [9.17, 15) is 4.79 Å². The Bertz CT molecular complexity index is 325. The van der Waals surface area contributed by atoms with Gasteiger partial charge in [-0.1, -0.05) is 0 Å². The third kappa shape index (κ3) is 2.27. The van der Waals surface area contributed by atoms with Crippen LogP contribution in [0.4, 0.5) is 0 Å². The van der Waals surface area contributed by atoms with Gasteiger partial charge in [0.2, 0.25) is 0 Å². The Kier molecular flexibility index (Phi) is 2.76. The molecule has 1 aromatic heterocycles. The van der Waals surface area contributed by atoms with Crippen LogP contribution in [0.25, 0.3) is 6.08 Å². The van der Waals surface area contributed by atoms with Gasteiger partial charge >= 0.3 is 0 Å². The maximum atomic E-state index is 10.6. The summed E-state index contributed by atoms with van der Waals surface area (Å²) in [5, 5.41) is 1.04. The number of carbonyl (C=O) groups is 1. The number of rotatable bonds is 2. The van der Waals surface area contributed by atoms with Crippen molar-refractivity contribution in [3.63, 3.8) is 0 Å². The first kappa shape index (κ1) is 9.13. The molecule has 0 amide bonds. The molecule has 0 N–H and O–H groups in total. The van der Waals surface area contributed by atoms with Gasteiger partial charge in [-0.3, -0.25) is 4.79 Å². The lowest BCUT2D eigenvalue weighted by Crippen LogP contribution is -1.79. The van der Waals surface area contributed by atoms with Crippen LogP contribution < -0.4 is 0 Å². The smallest absolute Gasteiger partial charge is 0.152 e. The van der Waals surface area contributed by atoms with Crippen molar-refractivity contribution in [2.75, 3.05) is 0 Å². The number of aryl methyl sites for hydroxylation is 2. The maximum absolute atomic E-state index is 10.6. The van der Waals surface area contributed by atoms with E-state index in [-0.39, 0.29) is 5.78 Å². The largest absolute Gasteiger partial charge is 0.295 e. The van der Waals surface area contributed by atoms with E-state index in [0.717, 1.165) is 15.6 Å². The Hall–Kier alpha value is -0.960. The van der Waals surface area contributed by atoms with Gasteiger partial charge < -0.3 is 0 Å². The second-order valence-corrected chi connectivity index (χ2v) is 3.86. The summed E-state index contributed by atoms with van der Waals surface area (Å²) < 4.78 is 0. The molecule has 12 heavy (non-hydrogen) atoms. The Morgan fingerprint density at radius 1 is 1.50 bits per heavy atom. The number of nitrogens with zero attached hydrogens (tertiary/aromatic N) is 1. The Morgan fingerprint density at radius 2 is 2.17 bits per heavy atom. The highest BCUT2D eigenvalue weighted by atomic mass is 32.1. The standard InChI is InChI=1S/C9H11NOS/c1-6(11)4-5-9-7(2)10-8(3)12-9/h4-5H,1-3H3. The van der Waals surface area contributed by atoms with Crippen molar-refractivity contribution in [1.82, 2.24) is 4.98 Å². The second-order valence-electron chi connectivity index (χ2n) is 2.63. The van der Waals surface area contributed by atoms with E-state index < -0.39 is 0 Å². The summed E-state index contributed by atoms with van der Waals surface area (Å²) in [6, 6.07) is 0. The monoisotopic (exact) mass is 181 g/mol. The third-order valence-corrected chi connectivity index (χ3v) is 2.45. The zero-order chi connectivity index (χ0) is 9.14. The highest BCUT2D eigenvalue weighted by Crippen LogP contribution is 2.18. The van der Waals surface area contributed by atoms with E-state index in [0.29, 0.717) is 0 Å². The summed E-state index contributed by atoms with van der Waals surface area (Å²) in [4.78, 5) is 15.9. The van der Waals surface area contributed by atoms with E-state index in [2.05, 4.69) is 4.98 Å². The van der Waals surface area contributed by atoms with Gasteiger partial charge in [-0.25, -0.2) is 4.98 Å². The highest BCUT2D eigenvalue weighted by molar-refractivity contribution is 7.12. The van der Waals surface area contributed by atoms with E-state index in [4.69, 9.17) is 0 Å². The summed E-state index contributed by atoms with van der Waals surface area (Å²) in [6.45, 7) is 5.45. The van der Waals surface area contributed by atoms with Crippen LogP contribution in [0.2, 0.25) is 0 Å². The molecule has 0 aliphatic heterocycles. The SMILES string of the molecule is CC(=O)C=Cc1sc(C)nc1C. The summed E-state index contributed by atoms with van der Waals surface area (Å²) in [5.41, 5.74) is 0.995. The van der Waals surface area contributed by atoms with Crippen molar-refractivity contribution in [2.24, 2.45) is 0 Å². The zero-order valence-corrected chi connectivity index (χ0v) is 8.23. The average Bonchev–Trinajstić information content (AvgIpc) is 2.26. The van der Waals surface area contributed by atoms with Crippen molar-refractivity contribution in [2.45, 2.75) is 20.8 Å². The minimum atomic E-state index is 0.0699. The Balaban J connectivity index is 2.89. The first-order valence-corrected chi connectivity index (χ1v) is 4.54. The first-order valence-electron chi connectivity index (χ1n) is 3.72. The fourth-order valence-corrected chi connectivity index (χ4v) is 1.73. The van der Waals surface area contributed by atoms with Gasteiger partial charge in [0.1, 0.15) is 0 Å². The van der Waals surface area contributed by atoms with Crippen LogP contribution in [0.5, 0.6) is 0 Å². The van der Waals surface area contributed by atoms with Gasteiger partial charge in [-0.05, 0) is 32.9 Å². The van der Waals surface area contributed by atoms with Gasteiger partial charge in [0.05, 0.1) is 15.6 Å². The number of hydrogen-bond donors (Lipinski definition) is 0. The van der Waals surface area contributed by atoms with Gasteiger partial charge in [-0.2, -0.15) is 0 Å². The molecule has 0 radical (unpaired) electrons. The van der Waals surface area contributed by atoms with Gasteiger partial charge in [0.15, 0.2) is 5.78 Å². The molecule has 3 heteroatoms. The number of aromatic nitrogens is 1. The topological polar surface area (TPSA) is 30.0 Å². The second kappa shape index (κ2) is 3.63. The van der Waals surface area contributed by atoms with Gasteiger partial charge in [-0.15, -0.1) is 11.3 Å². The summed E-state index contributed by atoms with van der Waals surface area (Å²) >= 11 is 1.61. The van der Waals surface area contributed by atoms with E-state index >= 15 is 0 Å². The lowest BCUT2D eigenvalue weighted by Gasteiger charge is -1.84. The number of hydrogen-bond acceptors (Lipinski definition) is 3. The molecule has 0 spiro atoms. The van der Waals surface area contributed by atoms with Crippen molar-refractivity contribution in [3.8, 4) is 0 Å². The lowest BCUT2D eigenvalue weighted by atomic mass is 10.3. The van der Waals surface area contributed by atoms with Crippen LogP contribution in [0.1, 0.15) is 22.5 Å². The molecule has 1 aromatic rings. The fourth-order valence-electron chi connectivity index (χ4n) is 0.895. The molecule has 0 fully saturated rings. The van der Waals surface area contributed by atoms with Crippen molar-refractivity contribution < 1.29 is 4.79 Å². The van der Waals surface area contributed by atoms with Crippen molar-refractivity contribution in [1.29, 1.82) is 0 Å². The quantitative estimate of drug-likeness (QED) is 0.655. The third-order valence-electron chi connectivity index (χ3n) is 1.41. The van der Waals surface area contributed by atoms with Crippen LogP contribution in [0.15, 0.2) is 6.08 Å². The molecule has 0 saturated heterocycles. The van der Waals surface area contributed by atoms with E-state index in [1.165, 1.54) is 0 Å². The maximum Gasteiger partial charge on any atom is 0.152 e. The number of ketones is 1. The number of allylic oxidation sites excluding steroid dienone is 1. The predicted molar refractivity (Wildman–Crippen MR) is 51.3 cm³/mol. The molecule has 0 saturated carbocycles. The fraction of sp³-hybridized carbons (Fsp3) is 0.333. The lowest BCUT2D eigenvalue weighted by molar-refractivity contribution is -0.112. The Labute approximate surface area is 76.0 Å². The molecule has 0 unspecified atom stereocenters. The van der Waals surface area contributed by atoms with Crippen molar-refractivity contribution in [3.05, 3.63) is 21.7 Å². The van der Waals surface area contributed by atoms with E-state index in [1.807, 2.05) is 19.9 Å². The molecule has 0 aromatic carbocycles. The molecular weight excluding hydrogens is 170 g/mol. The molecule has 0 aliphatic carbocycles. The molecule has 0 atom stereocenters. The molecule has 0 aliphatic rings. The van der Waals surface area contributed by atoms with Gasteiger partial charge in [0.25, 0.3) is 0 Å². The Morgan fingerprint density at radius 3 is 2.58 bits per heavy atom. The molecule has 0 bridgehead atoms. The first-order chi connectivity index (χ1) is 5.59. The number of thiazole rings is 1. The molecule has 2 nitrogen and oxygen atoms in total. The highest BCUT2D eigenvalue weighted by Gasteiger charge is 1.99. The summed E-state index contributed by atoms with van der Waals surface area (Å²) in [5.74, 6) is 0.0699. The minimum absolute atomic E-state index is 0.0699. The summed E-state index contributed by atoms with van der Waals surface area (Å²) in [6.07, 6.45) is 3.39. The molecule has 1 rings (SSSR count). The van der Waals surface area contributed by atoms with Crippen LogP contribution >= 0.6 is 11.3 Å². The van der Waals surface area contributed by atoms with E-state index in [1.54, 1.807) is 24.3 Å². The van der Waals surface area contributed by atoms with Crippen LogP contribution in [0.3, 0.4) is 0 Å². The number of carbonyl (C=O) groups excluding carboxylic acids is 1. The predicted octanol–water partition coefficient (Wildman–Crippen LogP) is 2.36. The van der Waals surface area contributed by atoms with Crippen LogP contribution in [-0.2, 0) is 4.79 Å². The normalized spacial score (nSPS) is 10.9. The van der Waals surface area contributed by atoms with Crippen LogP contribution in [-0.4, -0.2) is 10.8 Å². The van der Waals surface area contributed by atoms with Crippen LogP contribution in [0, 0.1) is 13.8 Å². The molecular formula is C9H11NOS. The average molecular weight is 181 g/mol. The molecule has 64 valence electrons.